The number of piperidine rings is 1. The number of halogens is 1. The normalized spacial score (nSPS) is 15.5. The number of carbonyl (C=O) groups excluding carboxylic acids is 1. The highest BCUT2D eigenvalue weighted by Gasteiger charge is 2.32. The minimum atomic E-state index is -3.75. The first-order valence-electron chi connectivity index (χ1n) is 9.53. The number of nitro benzene ring substituents is 1. The number of aryl methyl sites for hydroxylation is 1. The molecule has 1 N–H and O–H groups in total. The predicted octanol–water partition coefficient (Wildman–Crippen LogP) is 3.60. The molecule has 1 amide bonds. The number of non-ortho nitro benzene ring substituents is 1. The minimum Gasteiger partial charge on any atom is -0.495 e. The molecule has 0 spiro atoms. The van der Waals surface area contributed by atoms with E-state index in [4.69, 9.17) is 16.3 Å². The molecule has 0 saturated carbocycles. The topological polar surface area (TPSA) is 119 Å². The Kier molecular flexibility index (Phi) is 6.83. The molecule has 0 bridgehead atoms. The summed E-state index contributed by atoms with van der Waals surface area (Å²) in [6.07, 6.45) is 0.672. The van der Waals surface area contributed by atoms with E-state index in [-0.39, 0.29) is 34.6 Å². The number of hydrogen-bond acceptors (Lipinski definition) is 6. The van der Waals surface area contributed by atoms with Gasteiger partial charge in [-0.2, -0.15) is 4.31 Å². The van der Waals surface area contributed by atoms with Crippen LogP contribution in [0.1, 0.15) is 18.4 Å². The van der Waals surface area contributed by atoms with Crippen LogP contribution in [0.5, 0.6) is 5.75 Å². The van der Waals surface area contributed by atoms with Crippen LogP contribution in [0.15, 0.2) is 41.3 Å². The molecule has 9 nitrogen and oxygen atoms in total. The summed E-state index contributed by atoms with van der Waals surface area (Å²) in [7, 11) is -2.31. The van der Waals surface area contributed by atoms with Gasteiger partial charge >= 0.3 is 0 Å². The number of methoxy groups -OCH3 is 1. The van der Waals surface area contributed by atoms with Crippen molar-refractivity contribution in [2.75, 3.05) is 25.5 Å². The standard InChI is InChI=1S/C20H22ClN3O6S/c1-13-3-4-15(24(26)27)11-18(13)22-20(25)14-7-9-23(10-8-14)31(28,29)16-5-6-19(30-2)17(21)12-16/h3-6,11-12,14H,7-10H2,1-2H3,(H,22,25). The molecule has 0 aliphatic carbocycles. The summed E-state index contributed by atoms with van der Waals surface area (Å²) in [6.45, 7) is 2.10. The van der Waals surface area contributed by atoms with Gasteiger partial charge in [-0.3, -0.25) is 14.9 Å². The van der Waals surface area contributed by atoms with E-state index >= 15 is 0 Å². The van der Waals surface area contributed by atoms with Crippen LogP contribution in [0.4, 0.5) is 11.4 Å². The first-order chi connectivity index (χ1) is 14.6. The lowest BCUT2D eigenvalue weighted by Gasteiger charge is -2.30. The Morgan fingerprint density at radius 2 is 1.90 bits per heavy atom. The van der Waals surface area contributed by atoms with Crippen molar-refractivity contribution in [2.45, 2.75) is 24.7 Å². The number of amides is 1. The van der Waals surface area contributed by atoms with E-state index < -0.39 is 20.9 Å². The molecular formula is C20H22ClN3O6S. The molecule has 166 valence electrons. The van der Waals surface area contributed by atoms with E-state index in [9.17, 15) is 23.3 Å². The van der Waals surface area contributed by atoms with E-state index in [0.717, 1.165) is 0 Å². The van der Waals surface area contributed by atoms with Gasteiger partial charge in [-0.25, -0.2) is 8.42 Å². The van der Waals surface area contributed by atoms with Crippen molar-refractivity contribution in [1.82, 2.24) is 4.31 Å². The molecule has 1 saturated heterocycles. The SMILES string of the molecule is COc1ccc(S(=O)(=O)N2CCC(C(=O)Nc3cc([N+](=O)[O-])ccc3C)CC2)cc1Cl. The molecule has 1 heterocycles. The van der Waals surface area contributed by atoms with Crippen LogP contribution < -0.4 is 10.1 Å². The van der Waals surface area contributed by atoms with Crippen LogP contribution in [-0.4, -0.2) is 43.8 Å². The van der Waals surface area contributed by atoms with E-state index in [0.29, 0.717) is 29.8 Å². The van der Waals surface area contributed by atoms with Crippen molar-refractivity contribution in [3.8, 4) is 5.75 Å². The molecule has 1 aliphatic rings. The molecule has 0 atom stereocenters. The Bertz CT molecular complexity index is 1110. The smallest absolute Gasteiger partial charge is 0.271 e. The largest absolute Gasteiger partial charge is 0.495 e. The summed E-state index contributed by atoms with van der Waals surface area (Å²) in [5, 5.41) is 13.9. The molecule has 2 aromatic rings. The fourth-order valence-electron chi connectivity index (χ4n) is 3.41. The van der Waals surface area contributed by atoms with Gasteiger partial charge in [0.05, 0.1) is 27.6 Å². The summed E-state index contributed by atoms with van der Waals surface area (Å²) in [5.74, 6) is -0.301. The van der Waals surface area contributed by atoms with Gasteiger partial charge < -0.3 is 10.1 Å². The average Bonchev–Trinajstić information content (AvgIpc) is 2.75. The van der Waals surface area contributed by atoms with Crippen LogP contribution in [0, 0.1) is 23.0 Å². The number of anilines is 1. The number of nitrogens with one attached hydrogen (secondary N) is 1. The van der Waals surface area contributed by atoms with Gasteiger partial charge in [0, 0.05) is 31.1 Å². The van der Waals surface area contributed by atoms with Gasteiger partial charge in [0.25, 0.3) is 5.69 Å². The zero-order valence-electron chi connectivity index (χ0n) is 17.0. The summed E-state index contributed by atoms with van der Waals surface area (Å²) in [4.78, 5) is 23.2. The monoisotopic (exact) mass is 467 g/mol. The zero-order chi connectivity index (χ0) is 22.8. The molecule has 31 heavy (non-hydrogen) atoms. The molecule has 2 aromatic carbocycles. The number of carbonyl (C=O) groups is 1. The van der Waals surface area contributed by atoms with Crippen molar-refractivity contribution in [3.05, 3.63) is 57.1 Å². The summed E-state index contributed by atoms with van der Waals surface area (Å²) in [5.41, 5.74) is 0.970. The lowest BCUT2D eigenvalue weighted by molar-refractivity contribution is -0.384. The number of nitrogens with zero attached hydrogens (tertiary/aromatic N) is 2. The average molecular weight is 468 g/mol. The zero-order valence-corrected chi connectivity index (χ0v) is 18.6. The lowest BCUT2D eigenvalue weighted by atomic mass is 9.97. The van der Waals surface area contributed by atoms with Gasteiger partial charge in [-0.05, 0) is 43.5 Å². The van der Waals surface area contributed by atoms with Crippen LogP contribution in [0.2, 0.25) is 5.02 Å². The van der Waals surface area contributed by atoms with Gasteiger partial charge in [-0.1, -0.05) is 17.7 Å². The third-order valence-electron chi connectivity index (χ3n) is 5.28. The fourth-order valence-corrected chi connectivity index (χ4v) is 5.23. The Morgan fingerprint density at radius 3 is 2.48 bits per heavy atom. The number of ether oxygens (including phenoxy) is 1. The Balaban J connectivity index is 1.66. The van der Waals surface area contributed by atoms with Gasteiger partial charge in [0.1, 0.15) is 5.75 Å². The maximum atomic E-state index is 12.9. The first-order valence-corrected chi connectivity index (χ1v) is 11.3. The second kappa shape index (κ2) is 9.21. The Hall–Kier alpha value is -2.69. The molecule has 11 heteroatoms. The van der Waals surface area contributed by atoms with Crippen LogP contribution >= 0.6 is 11.6 Å². The van der Waals surface area contributed by atoms with E-state index in [2.05, 4.69) is 5.32 Å². The highest BCUT2D eigenvalue weighted by atomic mass is 35.5. The van der Waals surface area contributed by atoms with Crippen molar-refractivity contribution in [2.24, 2.45) is 5.92 Å². The fraction of sp³-hybridized carbons (Fsp3) is 0.350. The summed E-state index contributed by atoms with van der Waals surface area (Å²) in [6, 6.07) is 8.54. The molecular weight excluding hydrogens is 446 g/mol. The number of benzene rings is 2. The van der Waals surface area contributed by atoms with Gasteiger partial charge in [-0.15, -0.1) is 0 Å². The second-order valence-electron chi connectivity index (χ2n) is 7.22. The van der Waals surface area contributed by atoms with Crippen molar-refractivity contribution in [3.63, 3.8) is 0 Å². The molecule has 0 radical (unpaired) electrons. The summed E-state index contributed by atoms with van der Waals surface area (Å²) < 4.78 is 32.2. The lowest BCUT2D eigenvalue weighted by Crippen LogP contribution is -2.41. The number of rotatable bonds is 6. The van der Waals surface area contributed by atoms with E-state index in [1.54, 1.807) is 13.0 Å². The van der Waals surface area contributed by atoms with E-state index in [1.165, 1.54) is 41.7 Å². The molecule has 3 rings (SSSR count). The van der Waals surface area contributed by atoms with Crippen LogP contribution in [0.3, 0.4) is 0 Å². The first kappa shape index (κ1) is 23.0. The number of nitro groups is 1. The highest BCUT2D eigenvalue weighted by Crippen LogP contribution is 2.31. The van der Waals surface area contributed by atoms with Crippen molar-refractivity contribution >= 4 is 38.9 Å². The Morgan fingerprint density at radius 1 is 1.23 bits per heavy atom. The van der Waals surface area contributed by atoms with Crippen LogP contribution in [0.25, 0.3) is 0 Å². The molecule has 0 aromatic heterocycles. The Labute approximate surface area is 185 Å². The third kappa shape index (κ3) is 4.97. The summed E-state index contributed by atoms with van der Waals surface area (Å²) >= 11 is 6.06. The van der Waals surface area contributed by atoms with E-state index in [1.807, 2.05) is 0 Å². The molecule has 1 aliphatic heterocycles. The molecule has 0 unspecified atom stereocenters. The van der Waals surface area contributed by atoms with Crippen molar-refractivity contribution < 1.29 is 22.9 Å². The maximum Gasteiger partial charge on any atom is 0.271 e. The predicted molar refractivity (Wildman–Crippen MR) is 116 cm³/mol. The van der Waals surface area contributed by atoms with Crippen molar-refractivity contribution in [1.29, 1.82) is 0 Å². The quantitative estimate of drug-likeness (QED) is 0.512. The molecule has 1 fully saturated rings. The highest BCUT2D eigenvalue weighted by molar-refractivity contribution is 7.89. The second-order valence-corrected chi connectivity index (χ2v) is 9.57. The minimum absolute atomic E-state index is 0.0634. The number of hydrogen-bond donors (Lipinski definition) is 1. The van der Waals surface area contributed by atoms with Crippen LogP contribution in [-0.2, 0) is 14.8 Å². The van der Waals surface area contributed by atoms with Gasteiger partial charge in [0.15, 0.2) is 0 Å². The maximum absolute atomic E-state index is 12.9. The third-order valence-corrected chi connectivity index (χ3v) is 7.47. The number of sulfonamides is 1. The van der Waals surface area contributed by atoms with Gasteiger partial charge in [0.2, 0.25) is 15.9 Å².